The first-order chi connectivity index (χ1) is 9.76. The van der Waals surface area contributed by atoms with Crippen LogP contribution in [0.5, 0.6) is 0 Å². The van der Waals surface area contributed by atoms with Crippen molar-refractivity contribution in [1.82, 2.24) is 19.8 Å². The zero-order valence-corrected chi connectivity index (χ0v) is 10.4. The van der Waals surface area contributed by atoms with Crippen molar-refractivity contribution in [3.05, 3.63) is 58.0 Å². The van der Waals surface area contributed by atoms with Gasteiger partial charge in [-0.2, -0.15) is 14.9 Å². The Morgan fingerprint density at radius 3 is 2.80 bits per heavy atom. The van der Waals surface area contributed by atoms with E-state index < -0.39 is 0 Å². The number of benzene rings is 1. The molecule has 0 spiro atoms. The number of nitrogens with zero attached hydrogens (tertiary/aromatic N) is 4. The molecular weight excluding hydrogens is 256 g/mol. The SMILES string of the molecule is N#Cc1ccc(CNc2ccc3n[nH]c(=O)n3n2)cc1. The van der Waals surface area contributed by atoms with E-state index in [9.17, 15) is 4.79 Å². The molecule has 0 saturated carbocycles. The molecule has 0 aliphatic heterocycles. The lowest BCUT2D eigenvalue weighted by atomic mass is 10.1. The number of aromatic nitrogens is 4. The van der Waals surface area contributed by atoms with E-state index in [0.29, 0.717) is 23.6 Å². The average Bonchev–Trinajstić information content (AvgIpc) is 2.87. The van der Waals surface area contributed by atoms with Crippen LogP contribution < -0.4 is 11.0 Å². The smallest absolute Gasteiger partial charge is 0.364 e. The molecule has 2 heterocycles. The molecule has 7 nitrogen and oxygen atoms in total. The minimum absolute atomic E-state index is 0.373. The zero-order chi connectivity index (χ0) is 13.9. The van der Waals surface area contributed by atoms with E-state index in [-0.39, 0.29) is 5.69 Å². The normalized spacial score (nSPS) is 10.3. The molecule has 7 heteroatoms. The van der Waals surface area contributed by atoms with Gasteiger partial charge in [0, 0.05) is 6.54 Å². The third-order valence-corrected chi connectivity index (χ3v) is 2.83. The lowest BCUT2D eigenvalue weighted by Crippen LogP contribution is -2.13. The summed E-state index contributed by atoms with van der Waals surface area (Å²) in [4.78, 5) is 11.4. The Morgan fingerprint density at radius 2 is 2.05 bits per heavy atom. The maximum absolute atomic E-state index is 11.4. The first kappa shape index (κ1) is 11.9. The Labute approximate surface area is 113 Å². The molecule has 0 saturated heterocycles. The topological polar surface area (TPSA) is 98.9 Å². The van der Waals surface area contributed by atoms with Gasteiger partial charge in [-0.1, -0.05) is 12.1 Å². The standard InChI is InChI=1S/C13H10N6O/c14-7-9-1-3-10(4-2-9)8-15-11-5-6-12-16-17-13(20)19(12)18-11/h1-6H,8H2,(H,15,18)(H,17,20). The molecule has 98 valence electrons. The van der Waals surface area contributed by atoms with Gasteiger partial charge >= 0.3 is 5.69 Å². The molecule has 0 fully saturated rings. The maximum Gasteiger partial charge on any atom is 0.364 e. The fourth-order valence-electron chi connectivity index (χ4n) is 1.79. The molecule has 2 N–H and O–H groups in total. The van der Waals surface area contributed by atoms with Crippen LogP contribution in [0.1, 0.15) is 11.1 Å². The summed E-state index contributed by atoms with van der Waals surface area (Å²) < 4.78 is 1.20. The Kier molecular flexibility index (Phi) is 2.89. The van der Waals surface area contributed by atoms with Crippen LogP contribution in [0, 0.1) is 11.3 Å². The summed E-state index contributed by atoms with van der Waals surface area (Å²) >= 11 is 0. The maximum atomic E-state index is 11.4. The second-order valence-electron chi connectivity index (χ2n) is 4.18. The van der Waals surface area contributed by atoms with Gasteiger partial charge in [-0.05, 0) is 29.8 Å². The lowest BCUT2D eigenvalue weighted by Gasteiger charge is -2.05. The fourth-order valence-corrected chi connectivity index (χ4v) is 1.79. The summed E-state index contributed by atoms with van der Waals surface area (Å²) in [5.74, 6) is 0.574. The van der Waals surface area contributed by atoms with Crippen LogP contribution in [0.4, 0.5) is 5.82 Å². The highest BCUT2D eigenvalue weighted by Gasteiger charge is 2.02. The van der Waals surface area contributed by atoms with E-state index in [1.54, 1.807) is 24.3 Å². The van der Waals surface area contributed by atoms with Crippen LogP contribution in [-0.2, 0) is 6.54 Å². The zero-order valence-electron chi connectivity index (χ0n) is 10.4. The molecule has 3 rings (SSSR count). The van der Waals surface area contributed by atoms with Crippen LogP contribution in [0.2, 0.25) is 0 Å². The van der Waals surface area contributed by atoms with Crippen molar-refractivity contribution in [2.45, 2.75) is 6.54 Å². The minimum Gasteiger partial charge on any atom is -0.365 e. The molecule has 0 aliphatic rings. The van der Waals surface area contributed by atoms with Crippen LogP contribution in [-0.4, -0.2) is 19.8 Å². The van der Waals surface area contributed by atoms with Gasteiger partial charge in [-0.3, -0.25) is 0 Å². The van der Waals surface area contributed by atoms with Crippen LogP contribution >= 0.6 is 0 Å². The molecular formula is C13H10N6O. The van der Waals surface area contributed by atoms with Gasteiger partial charge in [0.2, 0.25) is 0 Å². The Bertz CT molecular complexity index is 840. The van der Waals surface area contributed by atoms with Gasteiger partial charge in [0.25, 0.3) is 0 Å². The molecule has 0 aliphatic carbocycles. The number of fused-ring (bicyclic) bond motifs is 1. The average molecular weight is 266 g/mol. The number of anilines is 1. The largest absolute Gasteiger partial charge is 0.365 e. The number of hydrogen-bond donors (Lipinski definition) is 2. The molecule has 0 bridgehead atoms. The van der Waals surface area contributed by atoms with Crippen molar-refractivity contribution < 1.29 is 0 Å². The predicted octanol–water partition coefficient (Wildman–Crippen LogP) is 0.901. The number of nitrogens with one attached hydrogen (secondary N) is 2. The Morgan fingerprint density at radius 1 is 1.25 bits per heavy atom. The molecule has 0 atom stereocenters. The summed E-state index contributed by atoms with van der Waals surface area (Å²) in [6.45, 7) is 0.552. The first-order valence-corrected chi connectivity index (χ1v) is 5.93. The van der Waals surface area contributed by atoms with Gasteiger partial charge in [-0.15, -0.1) is 5.10 Å². The highest BCUT2D eigenvalue weighted by molar-refractivity contribution is 5.43. The lowest BCUT2D eigenvalue weighted by molar-refractivity contribution is 0.875. The van der Waals surface area contributed by atoms with Crippen molar-refractivity contribution in [1.29, 1.82) is 5.26 Å². The summed E-state index contributed by atoms with van der Waals surface area (Å²) in [5.41, 5.74) is 1.74. The predicted molar refractivity (Wildman–Crippen MR) is 72.1 cm³/mol. The quantitative estimate of drug-likeness (QED) is 0.733. The van der Waals surface area contributed by atoms with Crippen molar-refractivity contribution in [2.24, 2.45) is 0 Å². The van der Waals surface area contributed by atoms with Crippen molar-refractivity contribution in [3.63, 3.8) is 0 Å². The molecule has 2 aromatic heterocycles. The molecule has 0 radical (unpaired) electrons. The van der Waals surface area contributed by atoms with Crippen molar-refractivity contribution >= 4 is 11.5 Å². The molecule has 0 unspecified atom stereocenters. The van der Waals surface area contributed by atoms with Crippen LogP contribution in [0.3, 0.4) is 0 Å². The highest BCUT2D eigenvalue weighted by Crippen LogP contribution is 2.07. The van der Waals surface area contributed by atoms with Gasteiger partial charge in [-0.25, -0.2) is 9.89 Å². The summed E-state index contributed by atoms with van der Waals surface area (Å²) in [5, 5.41) is 22.1. The van der Waals surface area contributed by atoms with Crippen molar-refractivity contribution in [2.75, 3.05) is 5.32 Å². The summed E-state index contributed by atoms with van der Waals surface area (Å²) in [6, 6.07) is 12.8. The Hall–Kier alpha value is -3.14. The number of nitriles is 1. The van der Waals surface area contributed by atoms with E-state index >= 15 is 0 Å². The van der Waals surface area contributed by atoms with Gasteiger partial charge in [0.15, 0.2) is 5.65 Å². The third kappa shape index (κ3) is 2.22. The molecule has 0 amide bonds. The van der Waals surface area contributed by atoms with E-state index in [0.717, 1.165) is 5.56 Å². The van der Waals surface area contributed by atoms with Gasteiger partial charge in [0.05, 0.1) is 11.6 Å². The van der Waals surface area contributed by atoms with Gasteiger partial charge < -0.3 is 5.32 Å². The fraction of sp³-hybridized carbons (Fsp3) is 0.0769. The van der Waals surface area contributed by atoms with E-state index in [1.165, 1.54) is 4.52 Å². The third-order valence-electron chi connectivity index (χ3n) is 2.83. The van der Waals surface area contributed by atoms with E-state index in [2.05, 4.69) is 26.7 Å². The monoisotopic (exact) mass is 266 g/mol. The number of aromatic amines is 1. The minimum atomic E-state index is -0.373. The molecule has 3 aromatic rings. The summed E-state index contributed by atoms with van der Waals surface area (Å²) in [6.07, 6.45) is 0. The number of H-pyrrole nitrogens is 1. The van der Waals surface area contributed by atoms with Crippen molar-refractivity contribution in [3.8, 4) is 6.07 Å². The second kappa shape index (κ2) is 4.85. The van der Waals surface area contributed by atoms with Crippen LogP contribution in [0.25, 0.3) is 5.65 Å². The van der Waals surface area contributed by atoms with Crippen LogP contribution in [0.15, 0.2) is 41.2 Å². The Balaban J connectivity index is 1.77. The highest BCUT2D eigenvalue weighted by atomic mass is 16.2. The number of hydrogen-bond acceptors (Lipinski definition) is 5. The molecule has 1 aromatic carbocycles. The molecule has 20 heavy (non-hydrogen) atoms. The number of rotatable bonds is 3. The first-order valence-electron chi connectivity index (χ1n) is 5.93. The second-order valence-corrected chi connectivity index (χ2v) is 4.18. The van der Waals surface area contributed by atoms with Gasteiger partial charge in [0.1, 0.15) is 5.82 Å². The van der Waals surface area contributed by atoms with E-state index in [4.69, 9.17) is 5.26 Å². The summed E-state index contributed by atoms with van der Waals surface area (Å²) in [7, 11) is 0. The van der Waals surface area contributed by atoms with E-state index in [1.807, 2.05) is 12.1 Å².